The van der Waals surface area contributed by atoms with Gasteiger partial charge in [-0.25, -0.2) is 15.4 Å². The Balaban J connectivity index is 0.000000882. The van der Waals surface area contributed by atoms with Crippen LogP contribution in [0.3, 0.4) is 0 Å². The first kappa shape index (κ1) is 47.7. The monoisotopic (exact) mass is 718 g/mol. The molecule has 0 aliphatic carbocycles. The predicted molar refractivity (Wildman–Crippen MR) is 229 cm³/mol. The molecule has 4 aromatic carbocycles. The molecular weight excluding hydrogens is 653 g/mol. The molecule has 1 amide bonds. The number of unbranched alkanes of at least 4 members (excludes halogenated alkanes) is 1. The van der Waals surface area contributed by atoms with Gasteiger partial charge in [0, 0.05) is 24.1 Å². The number of pyridine rings is 1. The maximum atomic E-state index is 12.6. The number of carbonyl (C=O) groups is 1. The molecule has 7 nitrogen and oxygen atoms in total. The van der Waals surface area contributed by atoms with Crippen LogP contribution in [-0.2, 0) is 6.54 Å². The van der Waals surface area contributed by atoms with Gasteiger partial charge in [0.2, 0.25) is 0 Å². The number of aryl methyl sites for hydroxylation is 6. The Kier molecular flexibility index (Phi) is 25.5. The second-order valence-electron chi connectivity index (χ2n) is 11.4. The minimum atomic E-state index is -0.322. The molecule has 0 fully saturated rings. The van der Waals surface area contributed by atoms with Gasteiger partial charge in [-0.05, 0) is 113 Å². The van der Waals surface area contributed by atoms with Crippen LogP contribution in [0.25, 0.3) is 0 Å². The number of aromatic nitrogens is 1. The topological polar surface area (TPSA) is 87.3 Å². The second kappa shape index (κ2) is 28.3. The molecule has 0 atom stereocenters. The molecule has 0 aliphatic heterocycles. The Bertz CT molecular complexity index is 1750. The standard InChI is InChI=1S/C22H21N5O.C9H14N.C9H12.3C2H6/c1-15-4-13-21(16(2)14-15)26-25-19-7-5-17(6-8-19)22(28)27(23)20-11-9-18(24-3)10-12-20;1-2-3-7-10-8-5-4-6-9-10;1-7-4-5-8(2)9(3)6-7;3*1-2/h4-14H,3,23H2,1-2H3;4-6,8-9H,2-3,7H2,1H3;4-6H,1-3H3;3*1-2H3/q;+1;;;;. The van der Waals surface area contributed by atoms with Gasteiger partial charge >= 0.3 is 0 Å². The molecule has 0 unspecified atom stereocenters. The van der Waals surface area contributed by atoms with Gasteiger partial charge in [0.05, 0.1) is 22.7 Å². The number of aliphatic imine (C=N–C) groups is 1. The Morgan fingerprint density at radius 3 is 1.68 bits per heavy atom. The van der Waals surface area contributed by atoms with Crippen molar-refractivity contribution in [2.45, 2.75) is 102 Å². The highest BCUT2D eigenvalue weighted by atomic mass is 16.2. The molecule has 0 bridgehead atoms. The van der Waals surface area contributed by atoms with Gasteiger partial charge in [0.15, 0.2) is 12.4 Å². The number of carbonyl (C=O) groups excluding carboxylic acids is 1. The minimum absolute atomic E-state index is 0.322. The third kappa shape index (κ3) is 18.2. The van der Waals surface area contributed by atoms with E-state index >= 15 is 0 Å². The maximum absolute atomic E-state index is 12.6. The molecule has 284 valence electrons. The highest BCUT2D eigenvalue weighted by Crippen LogP contribution is 2.24. The van der Waals surface area contributed by atoms with Gasteiger partial charge in [-0.3, -0.25) is 9.79 Å². The van der Waals surface area contributed by atoms with E-state index in [0.29, 0.717) is 22.6 Å². The smallest absolute Gasteiger partial charge is 0.267 e. The number of amides is 1. The van der Waals surface area contributed by atoms with Gasteiger partial charge in [-0.2, -0.15) is 10.2 Å². The van der Waals surface area contributed by atoms with Crippen LogP contribution in [0.5, 0.6) is 0 Å². The summed E-state index contributed by atoms with van der Waals surface area (Å²) in [5, 5.41) is 9.62. The summed E-state index contributed by atoms with van der Waals surface area (Å²) in [4.78, 5) is 16.4. The average molecular weight is 718 g/mol. The van der Waals surface area contributed by atoms with Crippen LogP contribution in [0.2, 0.25) is 0 Å². The van der Waals surface area contributed by atoms with Crippen LogP contribution in [0, 0.1) is 34.6 Å². The molecule has 7 heteroatoms. The van der Waals surface area contributed by atoms with Crippen LogP contribution < -0.4 is 15.4 Å². The lowest BCUT2D eigenvalue weighted by atomic mass is 10.1. The summed E-state index contributed by atoms with van der Waals surface area (Å²) < 4.78 is 2.21. The van der Waals surface area contributed by atoms with E-state index in [-0.39, 0.29) is 5.91 Å². The van der Waals surface area contributed by atoms with E-state index in [1.165, 1.54) is 35.1 Å². The predicted octanol–water partition coefficient (Wildman–Crippen LogP) is 13.0. The summed E-state index contributed by atoms with van der Waals surface area (Å²) in [5.74, 6) is 5.64. The van der Waals surface area contributed by atoms with Crippen LogP contribution in [-0.4, -0.2) is 12.6 Å². The van der Waals surface area contributed by atoms with Crippen molar-refractivity contribution < 1.29 is 9.36 Å². The van der Waals surface area contributed by atoms with Crippen LogP contribution in [0.15, 0.2) is 131 Å². The van der Waals surface area contributed by atoms with E-state index in [4.69, 9.17) is 5.84 Å². The Morgan fingerprint density at radius 2 is 1.19 bits per heavy atom. The van der Waals surface area contributed by atoms with Crippen molar-refractivity contribution in [1.82, 2.24) is 0 Å². The minimum Gasteiger partial charge on any atom is -0.267 e. The second-order valence-corrected chi connectivity index (χ2v) is 11.4. The van der Waals surface area contributed by atoms with Crippen molar-refractivity contribution in [3.8, 4) is 0 Å². The fraction of sp³-hybridized carbons (Fsp3) is 0.326. The summed E-state index contributed by atoms with van der Waals surface area (Å²) in [6.45, 7) is 29.2. The molecule has 5 rings (SSSR count). The SMILES string of the molecule is C=Nc1ccc(N(N)C(=O)c2ccc(N=Nc3ccc(C)cc3C)cc2)cc1.CC.CC.CC.CCCC[n+]1ccccc1.Cc1ccc(C)c(C)c1. The lowest BCUT2D eigenvalue weighted by Crippen LogP contribution is -2.37. The van der Waals surface area contributed by atoms with Gasteiger partial charge in [-0.15, -0.1) is 0 Å². The van der Waals surface area contributed by atoms with E-state index < -0.39 is 0 Å². The number of benzene rings is 4. The third-order valence-electron chi connectivity index (χ3n) is 7.48. The summed E-state index contributed by atoms with van der Waals surface area (Å²) in [6.07, 6.45) is 6.75. The van der Waals surface area contributed by atoms with Crippen molar-refractivity contribution in [2.75, 3.05) is 5.01 Å². The quantitative estimate of drug-likeness (QED) is 0.0432. The number of hydrogen-bond acceptors (Lipinski definition) is 5. The Morgan fingerprint density at radius 1 is 0.660 bits per heavy atom. The fourth-order valence-corrected chi connectivity index (χ4v) is 4.49. The third-order valence-corrected chi connectivity index (χ3v) is 7.48. The molecule has 0 saturated heterocycles. The van der Waals surface area contributed by atoms with Crippen molar-refractivity contribution in [2.24, 2.45) is 21.1 Å². The number of rotatable bonds is 8. The normalized spacial score (nSPS) is 9.53. The summed E-state index contributed by atoms with van der Waals surface area (Å²) in [7, 11) is 0. The lowest BCUT2D eigenvalue weighted by Gasteiger charge is -2.16. The van der Waals surface area contributed by atoms with E-state index in [2.05, 4.69) is 103 Å². The molecule has 53 heavy (non-hydrogen) atoms. The van der Waals surface area contributed by atoms with Gasteiger partial charge < -0.3 is 0 Å². The zero-order valence-electron chi connectivity index (χ0n) is 34.5. The summed E-state index contributed by atoms with van der Waals surface area (Å²) in [5.41, 5.74) is 9.55. The van der Waals surface area contributed by atoms with Crippen LogP contribution in [0.4, 0.5) is 22.7 Å². The fourth-order valence-electron chi connectivity index (χ4n) is 4.49. The number of hydrazine groups is 1. The first-order chi connectivity index (χ1) is 25.6. The molecule has 5 aromatic rings. The number of hydrogen-bond donors (Lipinski definition) is 1. The van der Waals surface area contributed by atoms with E-state index in [1.54, 1.807) is 48.5 Å². The van der Waals surface area contributed by atoms with E-state index in [0.717, 1.165) is 22.8 Å². The Labute approximate surface area is 321 Å². The average Bonchev–Trinajstić information content (AvgIpc) is 3.21. The van der Waals surface area contributed by atoms with Crippen molar-refractivity contribution >= 4 is 35.4 Å². The number of anilines is 1. The van der Waals surface area contributed by atoms with E-state index in [1.807, 2.05) is 73.6 Å². The molecule has 0 saturated carbocycles. The zero-order chi connectivity index (χ0) is 40.2. The van der Waals surface area contributed by atoms with Crippen LogP contribution >= 0.6 is 0 Å². The molecule has 0 aliphatic rings. The van der Waals surface area contributed by atoms with Crippen LogP contribution in [0.1, 0.15) is 99.5 Å². The van der Waals surface area contributed by atoms with Crippen molar-refractivity contribution in [1.29, 1.82) is 0 Å². The van der Waals surface area contributed by atoms with Gasteiger partial charge in [-0.1, -0.05) is 102 Å². The van der Waals surface area contributed by atoms with Gasteiger partial charge in [0.1, 0.15) is 6.54 Å². The first-order valence-corrected chi connectivity index (χ1v) is 18.8. The summed E-state index contributed by atoms with van der Waals surface area (Å²) >= 11 is 0. The molecular formula is C46H65N6O+. The molecule has 0 spiro atoms. The van der Waals surface area contributed by atoms with E-state index in [9.17, 15) is 4.79 Å². The lowest BCUT2D eigenvalue weighted by molar-refractivity contribution is -0.697. The molecule has 0 radical (unpaired) electrons. The highest BCUT2D eigenvalue weighted by molar-refractivity contribution is 6.05. The van der Waals surface area contributed by atoms with Crippen molar-refractivity contribution in [3.05, 3.63) is 149 Å². The largest absolute Gasteiger partial charge is 0.272 e. The maximum Gasteiger partial charge on any atom is 0.272 e. The Hall–Kier alpha value is -5.27. The van der Waals surface area contributed by atoms with Crippen molar-refractivity contribution in [3.63, 3.8) is 0 Å². The first-order valence-electron chi connectivity index (χ1n) is 18.8. The molecule has 1 heterocycles. The molecule has 1 aromatic heterocycles. The highest BCUT2D eigenvalue weighted by Gasteiger charge is 2.14. The van der Waals surface area contributed by atoms with Gasteiger partial charge in [0.25, 0.3) is 5.91 Å². The number of nitrogens with two attached hydrogens (primary N) is 1. The molecule has 2 N–H and O–H groups in total. The summed E-state index contributed by atoms with van der Waals surface area (Å²) in [6, 6.07) is 32.4. The number of nitrogens with zero attached hydrogens (tertiary/aromatic N) is 5. The number of azo groups is 1. The zero-order valence-corrected chi connectivity index (χ0v) is 34.5.